The number of hydrogen-bond acceptors (Lipinski definition) is 3. The number of pyridine rings is 1. The molecule has 4 heteroatoms. The number of aryl methyl sites for hydroxylation is 3. The summed E-state index contributed by atoms with van der Waals surface area (Å²) in [6.07, 6.45) is 1.75. The van der Waals surface area contributed by atoms with Gasteiger partial charge in [0.1, 0.15) is 6.07 Å². The third-order valence-corrected chi connectivity index (χ3v) is 2.89. The maximum atomic E-state index is 9.17. The predicted molar refractivity (Wildman–Crippen MR) is 69.6 cm³/mol. The number of hydrogen-bond donors (Lipinski definition) is 0. The predicted octanol–water partition coefficient (Wildman–Crippen LogP) is 2.57. The van der Waals surface area contributed by atoms with Crippen molar-refractivity contribution in [1.82, 2.24) is 14.8 Å². The first kappa shape index (κ1) is 12.3. The maximum Gasteiger partial charge on any atom is 0.171 e. The Morgan fingerprint density at radius 1 is 1.28 bits per heavy atom. The molecule has 2 aromatic heterocycles. The van der Waals surface area contributed by atoms with Crippen molar-refractivity contribution >= 4 is 0 Å². The van der Waals surface area contributed by atoms with E-state index in [1.165, 1.54) is 0 Å². The fraction of sp³-hybridized carbons (Fsp3) is 0.357. The topological polar surface area (TPSA) is 54.5 Å². The highest BCUT2D eigenvalue weighted by atomic mass is 15.3. The third-order valence-electron chi connectivity index (χ3n) is 2.89. The summed E-state index contributed by atoms with van der Waals surface area (Å²) in [5.74, 6) is 0.633. The average Bonchev–Trinajstić information content (AvgIpc) is 2.81. The van der Waals surface area contributed by atoms with Gasteiger partial charge >= 0.3 is 0 Å². The molecule has 0 N–H and O–H groups in total. The first-order valence-corrected chi connectivity index (χ1v) is 6.15. The molecule has 2 aromatic rings. The van der Waals surface area contributed by atoms with Gasteiger partial charge in [-0.2, -0.15) is 10.4 Å². The molecule has 4 nitrogen and oxygen atoms in total. The third kappa shape index (κ3) is 2.12. The Kier molecular flexibility index (Phi) is 3.42. The van der Waals surface area contributed by atoms with Crippen LogP contribution in [0.25, 0.3) is 5.82 Å². The van der Waals surface area contributed by atoms with E-state index in [4.69, 9.17) is 5.26 Å². The molecule has 0 aliphatic rings. The van der Waals surface area contributed by atoms with Crippen molar-refractivity contribution in [2.24, 2.45) is 0 Å². The van der Waals surface area contributed by atoms with Crippen molar-refractivity contribution in [2.75, 3.05) is 0 Å². The summed E-state index contributed by atoms with van der Waals surface area (Å²) in [5, 5.41) is 13.7. The van der Waals surface area contributed by atoms with Crippen molar-refractivity contribution in [3.05, 3.63) is 40.8 Å². The second kappa shape index (κ2) is 5.01. The Balaban J connectivity index is 2.64. The molecule has 0 unspecified atom stereocenters. The van der Waals surface area contributed by atoms with Crippen LogP contribution in [0.5, 0.6) is 0 Å². The molecule has 2 rings (SSSR count). The molecule has 0 aromatic carbocycles. The van der Waals surface area contributed by atoms with Gasteiger partial charge < -0.3 is 0 Å². The molecule has 0 aliphatic heterocycles. The fourth-order valence-corrected chi connectivity index (χ4v) is 1.87. The zero-order chi connectivity index (χ0) is 13.1. The van der Waals surface area contributed by atoms with Crippen molar-refractivity contribution in [3.8, 4) is 11.9 Å². The molecule has 0 fully saturated rings. The molecular weight excluding hydrogens is 224 g/mol. The van der Waals surface area contributed by atoms with E-state index in [0.717, 1.165) is 29.9 Å². The van der Waals surface area contributed by atoms with Gasteiger partial charge in [-0.25, -0.2) is 9.67 Å². The summed E-state index contributed by atoms with van der Waals surface area (Å²) < 4.78 is 1.80. The lowest BCUT2D eigenvalue weighted by Gasteiger charge is -2.07. The van der Waals surface area contributed by atoms with Crippen LogP contribution in [0.4, 0.5) is 0 Å². The standard InChI is InChI=1S/C14H16N4/c1-4-12-8-13(5-2)18(17-12)14-11(9-15)7-6-10(3)16-14/h6-8H,4-5H2,1-3H3. The van der Waals surface area contributed by atoms with Crippen molar-refractivity contribution in [2.45, 2.75) is 33.6 Å². The first-order chi connectivity index (χ1) is 8.69. The van der Waals surface area contributed by atoms with Gasteiger partial charge in [-0.1, -0.05) is 13.8 Å². The van der Waals surface area contributed by atoms with Gasteiger partial charge in [-0.15, -0.1) is 0 Å². The minimum Gasteiger partial charge on any atom is -0.233 e. The van der Waals surface area contributed by atoms with Crippen LogP contribution in [0.3, 0.4) is 0 Å². The largest absolute Gasteiger partial charge is 0.233 e. The van der Waals surface area contributed by atoms with Crippen LogP contribution in [0.2, 0.25) is 0 Å². The number of rotatable bonds is 3. The van der Waals surface area contributed by atoms with E-state index in [2.05, 4.69) is 36.1 Å². The van der Waals surface area contributed by atoms with Gasteiger partial charge in [0, 0.05) is 11.4 Å². The first-order valence-electron chi connectivity index (χ1n) is 6.15. The minimum atomic E-state index is 0.557. The SMILES string of the molecule is CCc1cc(CC)n(-c2nc(C)ccc2C#N)n1. The molecule has 18 heavy (non-hydrogen) atoms. The second-order valence-electron chi connectivity index (χ2n) is 4.18. The van der Waals surface area contributed by atoms with Crippen LogP contribution in [0.1, 0.15) is 36.5 Å². The Morgan fingerprint density at radius 2 is 2.06 bits per heavy atom. The van der Waals surface area contributed by atoms with Gasteiger partial charge in [0.25, 0.3) is 0 Å². The maximum absolute atomic E-state index is 9.17. The monoisotopic (exact) mass is 240 g/mol. The number of nitriles is 1. The van der Waals surface area contributed by atoms with Gasteiger partial charge in [0.05, 0.1) is 11.3 Å². The quantitative estimate of drug-likeness (QED) is 0.828. The van der Waals surface area contributed by atoms with Crippen LogP contribution >= 0.6 is 0 Å². The lowest BCUT2D eigenvalue weighted by Crippen LogP contribution is -2.07. The zero-order valence-corrected chi connectivity index (χ0v) is 10.9. The van der Waals surface area contributed by atoms with E-state index >= 15 is 0 Å². The van der Waals surface area contributed by atoms with Crippen molar-refractivity contribution < 1.29 is 0 Å². The van der Waals surface area contributed by atoms with Crippen LogP contribution in [-0.2, 0) is 12.8 Å². The van der Waals surface area contributed by atoms with Crippen LogP contribution in [0, 0.1) is 18.3 Å². The molecule has 92 valence electrons. The van der Waals surface area contributed by atoms with E-state index in [1.54, 1.807) is 10.7 Å². The molecule has 0 saturated carbocycles. The molecule has 0 saturated heterocycles. The van der Waals surface area contributed by atoms with E-state index in [9.17, 15) is 0 Å². The molecule has 0 bridgehead atoms. The number of nitrogens with zero attached hydrogens (tertiary/aromatic N) is 4. The summed E-state index contributed by atoms with van der Waals surface area (Å²) in [7, 11) is 0. The van der Waals surface area contributed by atoms with Crippen molar-refractivity contribution in [3.63, 3.8) is 0 Å². The van der Waals surface area contributed by atoms with E-state index in [1.807, 2.05) is 13.0 Å². The Hall–Kier alpha value is -2.15. The fourth-order valence-electron chi connectivity index (χ4n) is 1.87. The molecule has 0 spiro atoms. The van der Waals surface area contributed by atoms with Crippen molar-refractivity contribution in [1.29, 1.82) is 5.26 Å². The van der Waals surface area contributed by atoms with Gasteiger partial charge in [0.15, 0.2) is 5.82 Å². The van der Waals surface area contributed by atoms with Gasteiger partial charge in [0.2, 0.25) is 0 Å². The highest BCUT2D eigenvalue weighted by Gasteiger charge is 2.12. The second-order valence-corrected chi connectivity index (χ2v) is 4.18. The Morgan fingerprint density at radius 3 is 2.67 bits per heavy atom. The molecule has 0 amide bonds. The zero-order valence-electron chi connectivity index (χ0n) is 10.9. The molecule has 0 radical (unpaired) electrons. The molecular formula is C14H16N4. The molecule has 0 aliphatic carbocycles. The molecule has 0 atom stereocenters. The number of aromatic nitrogens is 3. The Labute approximate surface area is 107 Å². The lowest BCUT2D eigenvalue weighted by molar-refractivity contribution is 0.767. The van der Waals surface area contributed by atoms with Crippen LogP contribution in [0.15, 0.2) is 18.2 Å². The summed E-state index contributed by atoms with van der Waals surface area (Å²) in [6.45, 7) is 6.07. The Bertz CT molecular complexity index is 605. The lowest BCUT2D eigenvalue weighted by atomic mass is 10.2. The van der Waals surface area contributed by atoms with Gasteiger partial charge in [-0.3, -0.25) is 0 Å². The van der Waals surface area contributed by atoms with E-state index in [0.29, 0.717) is 11.4 Å². The van der Waals surface area contributed by atoms with Gasteiger partial charge in [-0.05, 0) is 38.0 Å². The highest BCUT2D eigenvalue weighted by Crippen LogP contribution is 2.16. The summed E-state index contributed by atoms with van der Waals surface area (Å²) in [6, 6.07) is 7.89. The van der Waals surface area contributed by atoms with E-state index in [-0.39, 0.29) is 0 Å². The highest BCUT2D eigenvalue weighted by molar-refractivity contribution is 5.44. The summed E-state index contributed by atoms with van der Waals surface area (Å²) in [5.41, 5.74) is 3.56. The van der Waals surface area contributed by atoms with E-state index < -0.39 is 0 Å². The normalized spacial score (nSPS) is 10.3. The average molecular weight is 240 g/mol. The minimum absolute atomic E-state index is 0.557. The smallest absolute Gasteiger partial charge is 0.171 e. The molecule has 2 heterocycles. The van der Waals surface area contributed by atoms with Crippen LogP contribution in [-0.4, -0.2) is 14.8 Å². The summed E-state index contributed by atoms with van der Waals surface area (Å²) >= 11 is 0. The van der Waals surface area contributed by atoms with Crippen LogP contribution < -0.4 is 0 Å². The summed E-state index contributed by atoms with van der Waals surface area (Å²) in [4.78, 5) is 4.45.